The average molecular weight is 457 g/mol. The monoisotopic (exact) mass is 456 g/mol. The van der Waals surface area contributed by atoms with E-state index in [1.807, 2.05) is 30.3 Å². The minimum Gasteiger partial charge on any atom is -0.493 e. The van der Waals surface area contributed by atoms with Gasteiger partial charge in [0, 0.05) is 24.8 Å². The van der Waals surface area contributed by atoms with E-state index in [-0.39, 0.29) is 0 Å². The molecule has 0 saturated carbocycles. The lowest BCUT2D eigenvalue weighted by Gasteiger charge is -2.18. The van der Waals surface area contributed by atoms with E-state index in [0.717, 1.165) is 42.1 Å². The van der Waals surface area contributed by atoms with Crippen molar-refractivity contribution in [1.82, 2.24) is 9.88 Å². The molecule has 0 N–H and O–H groups in total. The zero-order chi connectivity index (χ0) is 22.9. The average Bonchev–Trinajstić information content (AvgIpc) is 2.82. The Labute approximate surface area is 194 Å². The Morgan fingerprint density at radius 2 is 1.41 bits per heavy atom. The van der Waals surface area contributed by atoms with Crippen molar-refractivity contribution in [3.05, 3.63) is 76.6 Å². The van der Waals surface area contributed by atoms with Crippen molar-refractivity contribution >= 4 is 11.6 Å². The largest absolute Gasteiger partial charge is 0.493 e. The van der Waals surface area contributed by atoms with Gasteiger partial charge in [0.25, 0.3) is 0 Å². The summed E-state index contributed by atoms with van der Waals surface area (Å²) in [6.07, 6.45) is 2.61. The first kappa shape index (κ1) is 23.7. The second kappa shape index (κ2) is 11.6. The fourth-order valence-corrected chi connectivity index (χ4v) is 3.44. The summed E-state index contributed by atoms with van der Waals surface area (Å²) in [5.74, 6) is 2.89. The molecule has 0 amide bonds. The van der Waals surface area contributed by atoms with Crippen molar-refractivity contribution in [2.45, 2.75) is 19.6 Å². The van der Waals surface area contributed by atoms with E-state index in [1.165, 1.54) is 5.56 Å². The number of pyridine rings is 1. The van der Waals surface area contributed by atoms with Crippen LogP contribution in [0.2, 0.25) is 5.15 Å². The molecule has 6 nitrogen and oxygen atoms in total. The second-order valence-corrected chi connectivity index (χ2v) is 7.83. The van der Waals surface area contributed by atoms with Crippen LogP contribution < -0.4 is 18.9 Å². The van der Waals surface area contributed by atoms with Crippen molar-refractivity contribution in [3.8, 4) is 23.0 Å². The number of ether oxygens (including phenoxy) is 4. The van der Waals surface area contributed by atoms with Gasteiger partial charge in [-0.15, -0.1) is 0 Å². The second-order valence-electron chi connectivity index (χ2n) is 7.44. The number of rotatable bonds is 11. The van der Waals surface area contributed by atoms with E-state index in [2.05, 4.69) is 29.1 Å². The Morgan fingerprint density at radius 3 is 2.09 bits per heavy atom. The van der Waals surface area contributed by atoms with Crippen LogP contribution in [0.25, 0.3) is 0 Å². The molecule has 0 aliphatic rings. The first-order valence-electron chi connectivity index (χ1n) is 10.3. The lowest BCUT2D eigenvalue weighted by atomic mass is 10.1. The molecule has 0 unspecified atom stereocenters. The number of hydrogen-bond acceptors (Lipinski definition) is 6. The fraction of sp³-hybridized carbons (Fsp3) is 0.320. The summed E-state index contributed by atoms with van der Waals surface area (Å²) in [5.41, 5.74) is 3.29. The quantitative estimate of drug-likeness (QED) is 0.378. The maximum absolute atomic E-state index is 5.92. The Morgan fingerprint density at radius 1 is 0.781 bits per heavy atom. The number of benzene rings is 2. The summed E-state index contributed by atoms with van der Waals surface area (Å²) in [6.45, 7) is 2.09. The third kappa shape index (κ3) is 6.52. The van der Waals surface area contributed by atoms with Gasteiger partial charge in [-0.05, 0) is 54.9 Å². The molecule has 0 spiro atoms. The minimum atomic E-state index is 0.394. The van der Waals surface area contributed by atoms with Crippen molar-refractivity contribution < 1.29 is 18.9 Å². The molecule has 0 aliphatic heterocycles. The molecular formula is C25H29ClN2O4. The standard InChI is InChI=1S/C25H29ClN2O4/c1-28(12-11-18-5-8-21(29-2)23(13-18)30-3)16-19-6-9-22(24(14-19)31-4)32-17-20-7-10-25(26)27-15-20/h5-10,13-15H,11-12,16-17H2,1-4H3. The van der Waals surface area contributed by atoms with E-state index < -0.39 is 0 Å². The summed E-state index contributed by atoms with van der Waals surface area (Å²) in [7, 11) is 7.05. The van der Waals surface area contributed by atoms with Gasteiger partial charge < -0.3 is 23.8 Å². The zero-order valence-electron chi connectivity index (χ0n) is 18.9. The van der Waals surface area contributed by atoms with Crippen LogP contribution in [0, 0.1) is 0 Å². The van der Waals surface area contributed by atoms with Gasteiger partial charge in [-0.1, -0.05) is 29.8 Å². The number of halogens is 1. The molecule has 3 aromatic rings. The van der Waals surface area contributed by atoms with Gasteiger partial charge in [-0.2, -0.15) is 0 Å². The van der Waals surface area contributed by atoms with Crippen molar-refractivity contribution in [3.63, 3.8) is 0 Å². The molecule has 170 valence electrons. The van der Waals surface area contributed by atoms with Crippen LogP contribution in [0.4, 0.5) is 0 Å². The summed E-state index contributed by atoms with van der Waals surface area (Å²) < 4.78 is 22.2. The van der Waals surface area contributed by atoms with E-state index >= 15 is 0 Å². The van der Waals surface area contributed by atoms with E-state index in [0.29, 0.717) is 23.3 Å². The van der Waals surface area contributed by atoms with E-state index in [4.69, 9.17) is 30.5 Å². The molecular weight excluding hydrogens is 428 g/mol. The minimum absolute atomic E-state index is 0.394. The van der Waals surface area contributed by atoms with Crippen LogP contribution in [0.15, 0.2) is 54.7 Å². The first-order chi connectivity index (χ1) is 15.5. The van der Waals surface area contributed by atoms with Gasteiger partial charge in [-0.3, -0.25) is 0 Å². The third-order valence-corrected chi connectivity index (χ3v) is 5.32. The lowest BCUT2D eigenvalue weighted by Crippen LogP contribution is -2.20. The molecule has 3 rings (SSSR count). The molecule has 0 radical (unpaired) electrons. The number of likely N-dealkylation sites (N-methyl/N-ethyl adjacent to an activating group) is 1. The normalized spacial score (nSPS) is 10.8. The molecule has 1 aromatic heterocycles. The van der Waals surface area contributed by atoms with Crippen molar-refractivity contribution in [2.24, 2.45) is 0 Å². The van der Waals surface area contributed by atoms with Crippen LogP contribution in [-0.4, -0.2) is 44.8 Å². The molecule has 32 heavy (non-hydrogen) atoms. The molecule has 0 aliphatic carbocycles. The summed E-state index contributed by atoms with van der Waals surface area (Å²) in [6, 6.07) is 15.7. The molecule has 0 fully saturated rings. The highest BCUT2D eigenvalue weighted by Crippen LogP contribution is 2.30. The van der Waals surface area contributed by atoms with Gasteiger partial charge >= 0.3 is 0 Å². The fourth-order valence-electron chi connectivity index (χ4n) is 3.33. The Hall–Kier alpha value is -2.96. The van der Waals surface area contributed by atoms with Gasteiger partial charge in [0.05, 0.1) is 21.3 Å². The zero-order valence-corrected chi connectivity index (χ0v) is 19.7. The predicted octanol–water partition coefficient (Wildman–Crippen LogP) is 5.01. The highest BCUT2D eigenvalue weighted by molar-refractivity contribution is 6.29. The highest BCUT2D eigenvalue weighted by Gasteiger charge is 2.10. The summed E-state index contributed by atoms with van der Waals surface area (Å²) >= 11 is 5.83. The molecule has 0 atom stereocenters. The maximum Gasteiger partial charge on any atom is 0.161 e. The predicted molar refractivity (Wildman–Crippen MR) is 126 cm³/mol. The molecule has 0 bridgehead atoms. The van der Waals surface area contributed by atoms with Crippen LogP contribution >= 0.6 is 11.6 Å². The maximum atomic E-state index is 5.92. The van der Waals surface area contributed by atoms with Crippen molar-refractivity contribution in [1.29, 1.82) is 0 Å². The Bertz CT molecular complexity index is 1010. The summed E-state index contributed by atoms with van der Waals surface area (Å²) in [5, 5.41) is 0.464. The Kier molecular flexibility index (Phi) is 8.59. The molecule has 7 heteroatoms. The van der Waals surface area contributed by atoms with Crippen LogP contribution in [-0.2, 0) is 19.6 Å². The van der Waals surface area contributed by atoms with Crippen LogP contribution in [0.5, 0.6) is 23.0 Å². The molecule has 1 heterocycles. The summed E-state index contributed by atoms with van der Waals surface area (Å²) in [4.78, 5) is 6.34. The number of methoxy groups -OCH3 is 3. The highest BCUT2D eigenvalue weighted by atomic mass is 35.5. The van der Waals surface area contributed by atoms with Crippen LogP contribution in [0.3, 0.4) is 0 Å². The number of nitrogens with zero attached hydrogens (tertiary/aromatic N) is 2. The molecule has 0 saturated heterocycles. The number of hydrogen-bond donors (Lipinski definition) is 0. The van der Waals surface area contributed by atoms with E-state index in [9.17, 15) is 0 Å². The SMILES string of the molecule is COc1ccc(CCN(C)Cc2ccc(OCc3ccc(Cl)nc3)c(OC)c2)cc1OC. The van der Waals surface area contributed by atoms with Gasteiger partial charge in [0.15, 0.2) is 23.0 Å². The van der Waals surface area contributed by atoms with Crippen LogP contribution in [0.1, 0.15) is 16.7 Å². The van der Waals surface area contributed by atoms with Crippen molar-refractivity contribution in [2.75, 3.05) is 34.9 Å². The van der Waals surface area contributed by atoms with Gasteiger partial charge in [0.1, 0.15) is 11.8 Å². The smallest absolute Gasteiger partial charge is 0.161 e. The molecule has 2 aromatic carbocycles. The Balaban J connectivity index is 1.56. The number of aromatic nitrogens is 1. The lowest BCUT2D eigenvalue weighted by molar-refractivity contribution is 0.283. The first-order valence-corrected chi connectivity index (χ1v) is 10.7. The van der Waals surface area contributed by atoms with Gasteiger partial charge in [0.2, 0.25) is 0 Å². The third-order valence-electron chi connectivity index (χ3n) is 5.09. The topological polar surface area (TPSA) is 53.1 Å². The van der Waals surface area contributed by atoms with E-state index in [1.54, 1.807) is 33.6 Å². The van der Waals surface area contributed by atoms with Gasteiger partial charge in [-0.25, -0.2) is 4.98 Å².